The molecule has 1 aliphatic carbocycles. The maximum Gasteiger partial charge on any atom is 0.407 e. The minimum atomic E-state index is -0.497. The fraction of sp³-hybridized carbons (Fsp3) is 0.533. The Morgan fingerprint density at radius 1 is 1.40 bits per heavy atom. The minimum Gasteiger partial charge on any atom is -0.444 e. The van der Waals surface area contributed by atoms with Gasteiger partial charge < -0.3 is 10.1 Å². The molecule has 5 heteroatoms. The lowest BCUT2D eigenvalue weighted by Crippen LogP contribution is -2.41. The Labute approximate surface area is 127 Å². The van der Waals surface area contributed by atoms with Gasteiger partial charge in [-0.3, -0.25) is 0 Å². The van der Waals surface area contributed by atoms with E-state index in [1.165, 1.54) is 0 Å². The summed E-state index contributed by atoms with van der Waals surface area (Å²) < 4.78 is 19.2. The number of halogens is 2. The monoisotopic (exact) mass is 343 g/mol. The fourth-order valence-electron chi connectivity index (χ4n) is 2.35. The molecule has 2 rings (SSSR count). The Balaban J connectivity index is 2.01. The number of alkyl carbamates (subject to hydrolysis) is 1. The number of carbonyl (C=O) groups is 1. The molecule has 1 aromatic rings. The molecule has 1 N–H and O–H groups in total. The van der Waals surface area contributed by atoms with Gasteiger partial charge in [0.25, 0.3) is 0 Å². The van der Waals surface area contributed by atoms with Gasteiger partial charge in [0, 0.05) is 6.04 Å². The smallest absolute Gasteiger partial charge is 0.407 e. The zero-order valence-electron chi connectivity index (χ0n) is 11.9. The van der Waals surface area contributed by atoms with Gasteiger partial charge >= 0.3 is 6.09 Å². The molecule has 0 fully saturated rings. The van der Waals surface area contributed by atoms with Gasteiger partial charge in [-0.25, -0.2) is 9.18 Å². The van der Waals surface area contributed by atoms with Crippen LogP contribution in [-0.4, -0.2) is 17.7 Å². The summed E-state index contributed by atoms with van der Waals surface area (Å²) in [6.45, 7) is 5.51. The molecule has 0 spiro atoms. The number of fused-ring (bicyclic) bond motifs is 1. The summed E-state index contributed by atoms with van der Waals surface area (Å²) >= 11 is 3.20. The molecular formula is C15H19BrFNO2. The Morgan fingerprint density at radius 2 is 2.10 bits per heavy atom. The van der Waals surface area contributed by atoms with Crippen LogP contribution in [0.3, 0.4) is 0 Å². The average Bonchev–Trinajstić information content (AvgIpc) is 2.28. The molecule has 1 atom stereocenters. The SMILES string of the molecule is CC(C)(C)OC(=O)N[C@H]1CCc2cc(F)c(Br)cc2C1. The summed E-state index contributed by atoms with van der Waals surface area (Å²) in [7, 11) is 0. The summed E-state index contributed by atoms with van der Waals surface area (Å²) in [5, 5.41) is 2.88. The Hall–Kier alpha value is -1.10. The quantitative estimate of drug-likeness (QED) is 0.837. The van der Waals surface area contributed by atoms with Crippen LogP contribution in [0.1, 0.15) is 38.3 Å². The third-order valence-electron chi connectivity index (χ3n) is 3.19. The van der Waals surface area contributed by atoms with Gasteiger partial charge in [-0.15, -0.1) is 0 Å². The van der Waals surface area contributed by atoms with Gasteiger partial charge in [0.2, 0.25) is 0 Å². The van der Waals surface area contributed by atoms with Crippen molar-refractivity contribution in [2.75, 3.05) is 0 Å². The third kappa shape index (κ3) is 3.95. The lowest BCUT2D eigenvalue weighted by molar-refractivity contribution is 0.0500. The van der Waals surface area contributed by atoms with Crippen LogP contribution in [0.4, 0.5) is 9.18 Å². The van der Waals surface area contributed by atoms with Crippen LogP contribution in [0.2, 0.25) is 0 Å². The van der Waals surface area contributed by atoms with E-state index >= 15 is 0 Å². The molecule has 0 aromatic heterocycles. The van der Waals surface area contributed by atoms with Gasteiger partial charge in [-0.05, 0) is 79.2 Å². The first-order valence-electron chi connectivity index (χ1n) is 6.71. The largest absolute Gasteiger partial charge is 0.444 e. The topological polar surface area (TPSA) is 38.3 Å². The Morgan fingerprint density at radius 3 is 2.75 bits per heavy atom. The second-order valence-corrected chi connectivity index (χ2v) is 6.98. The molecule has 1 aromatic carbocycles. The molecule has 0 aliphatic heterocycles. The third-order valence-corrected chi connectivity index (χ3v) is 3.80. The highest BCUT2D eigenvalue weighted by Gasteiger charge is 2.24. The predicted molar refractivity (Wildman–Crippen MR) is 79.3 cm³/mol. The lowest BCUT2D eigenvalue weighted by Gasteiger charge is -2.27. The number of hydrogen-bond acceptors (Lipinski definition) is 2. The van der Waals surface area contributed by atoms with Crippen molar-refractivity contribution >= 4 is 22.0 Å². The van der Waals surface area contributed by atoms with E-state index in [0.29, 0.717) is 10.9 Å². The van der Waals surface area contributed by atoms with Crippen molar-refractivity contribution in [3.63, 3.8) is 0 Å². The lowest BCUT2D eigenvalue weighted by atomic mass is 9.88. The van der Waals surface area contributed by atoms with Gasteiger partial charge in [-0.2, -0.15) is 0 Å². The van der Waals surface area contributed by atoms with Crippen LogP contribution in [0.25, 0.3) is 0 Å². The molecule has 110 valence electrons. The van der Waals surface area contributed by atoms with Crippen molar-refractivity contribution < 1.29 is 13.9 Å². The van der Waals surface area contributed by atoms with Crippen LogP contribution in [-0.2, 0) is 17.6 Å². The van der Waals surface area contributed by atoms with E-state index in [1.807, 2.05) is 20.8 Å². The molecular weight excluding hydrogens is 325 g/mol. The molecule has 0 bridgehead atoms. The van der Waals surface area contributed by atoms with E-state index in [1.54, 1.807) is 12.1 Å². The summed E-state index contributed by atoms with van der Waals surface area (Å²) in [4.78, 5) is 11.8. The van der Waals surface area contributed by atoms with Crippen molar-refractivity contribution in [1.29, 1.82) is 0 Å². The van der Waals surface area contributed by atoms with E-state index in [2.05, 4.69) is 21.2 Å². The van der Waals surface area contributed by atoms with Crippen LogP contribution >= 0.6 is 15.9 Å². The van der Waals surface area contributed by atoms with Gasteiger partial charge in [-0.1, -0.05) is 0 Å². The normalized spacial score (nSPS) is 18.4. The standard InChI is InChI=1S/C15H19BrFNO2/c1-15(2,3)20-14(19)18-11-5-4-9-8-13(17)12(16)7-10(9)6-11/h7-8,11H,4-6H2,1-3H3,(H,18,19)/t11-/m0/s1. The summed E-state index contributed by atoms with van der Waals surface area (Å²) in [5.74, 6) is -0.234. The van der Waals surface area contributed by atoms with E-state index in [4.69, 9.17) is 4.74 Å². The highest BCUT2D eigenvalue weighted by molar-refractivity contribution is 9.10. The van der Waals surface area contributed by atoms with Crippen molar-refractivity contribution in [2.24, 2.45) is 0 Å². The van der Waals surface area contributed by atoms with Crippen molar-refractivity contribution in [2.45, 2.75) is 51.7 Å². The first kappa shape index (κ1) is 15.3. The van der Waals surface area contributed by atoms with E-state index in [9.17, 15) is 9.18 Å². The van der Waals surface area contributed by atoms with Crippen LogP contribution in [0.5, 0.6) is 0 Å². The molecule has 0 saturated carbocycles. The number of rotatable bonds is 1. The second-order valence-electron chi connectivity index (χ2n) is 6.12. The van der Waals surface area contributed by atoms with E-state index in [-0.39, 0.29) is 11.9 Å². The predicted octanol–water partition coefficient (Wildman–Crippen LogP) is 3.97. The molecule has 1 amide bonds. The highest BCUT2D eigenvalue weighted by atomic mass is 79.9. The number of ether oxygens (including phenoxy) is 1. The zero-order valence-corrected chi connectivity index (χ0v) is 13.5. The van der Waals surface area contributed by atoms with Gasteiger partial charge in [0.05, 0.1) is 4.47 Å². The first-order valence-corrected chi connectivity index (χ1v) is 7.50. The number of carbonyl (C=O) groups excluding carboxylic acids is 1. The van der Waals surface area contributed by atoms with Crippen molar-refractivity contribution in [3.05, 3.63) is 33.5 Å². The number of nitrogens with one attached hydrogen (secondary N) is 1. The summed E-state index contributed by atoms with van der Waals surface area (Å²) in [5.41, 5.74) is 1.60. The van der Waals surface area contributed by atoms with E-state index < -0.39 is 11.7 Å². The number of hydrogen-bond donors (Lipinski definition) is 1. The molecule has 3 nitrogen and oxygen atoms in total. The van der Waals surface area contributed by atoms with Crippen LogP contribution in [0, 0.1) is 5.82 Å². The average molecular weight is 344 g/mol. The maximum atomic E-state index is 13.5. The molecule has 0 unspecified atom stereocenters. The Kier molecular flexibility index (Phi) is 4.37. The molecule has 20 heavy (non-hydrogen) atoms. The van der Waals surface area contributed by atoms with Crippen LogP contribution < -0.4 is 5.32 Å². The molecule has 0 heterocycles. The van der Waals surface area contributed by atoms with Gasteiger partial charge in [0.1, 0.15) is 11.4 Å². The zero-order chi connectivity index (χ0) is 14.9. The first-order chi connectivity index (χ1) is 9.24. The highest BCUT2D eigenvalue weighted by Crippen LogP contribution is 2.27. The minimum absolute atomic E-state index is 0.0368. The molecule has 0 saturated heterocycles. The molecule has 1 aliphatic rings. The summed E-state index contributed by atoms with van der Waals surface area (Å²) in [6, 6.07) is 3.41. The number of amides is 1. The Bertz CT molecular complexity index is 525. The van der Waals surface area contributed by atoms with Crippen molar-refractivity contribution in [3.8, 4) is 0 Å². The number of benzene rings is 1. The number of aryl methyl sites for hydroxylation is 1. The van der Waals surface area contributed by atoms with Crippen LogP contribution in [0.15, 0.2) is 16.6 Å². The van der Waals surface area contributed by atoms with Crippen molar-refractivity contribution in [1.82, 2.24) is 5.32 Å². The van der Waals surface area contributed by atoms with E-state index in [0.717, 1.165) is 24.0 Å². The second kappa shape index (κ2) is 5.72. The van der Waals surface area contributed by atoms with Gasteiger partial charge in [0.15, 0.2) is 0 Å². The maximum absolute atomic E-state index is 13.5. The summed E-state index contributed by atoms with van der Waals surface area (Å²) in [6.07, 6.45) is 1.87. The fourth-order valence-corrected chi connectivity index (χ4v) is 2.74. The molecule has 0 radical (unpaired) electrons.